The molecule has 0 unspecified atom stereocenters. The van der Waals surface area contributed by atoms with Crippen molar-refractivity contribution in [2.24, 2.45) is 21.5 Å². The lowest BCUT2D eigenvalue weighted by molar-refractivity contribution is -0.144. The molecule has 11 heteroatoms. The maximum atomic E-state index is 12.1. The zero-order valence-corrected chi connectivity index (χ0v) is 42.7. The van der Waals surface area contributed by atoms with Gasteiger partial charge in [-0.25, -0.2) is 0 Å². The lowest BCUT2D eigenvalue weighted by atomic mass is 10.0. The van der Waals surface area contributed by atoms with Gasteiger partial charge in [0.05, 0.1) is 50.8 Å². The van der Waals surface area contributed by atoms with Crippen LogP contribution in [0.3, 0.4) is 0 Å². The molecular formula is C51H101N5O4S2. The van der Waals surface area contributed by atoms with Gasteiger partial charge in [-0.05, 0) is 44.2 Å². The molecule has 0 aromatic heterocycles. The molecule has 4 N–H and O–H groups in total. The number of esters is 2. The van der Waals surface area contributed by atoms with Crippen molar-refractivity contribution in [2.75, 3.05) is 69.5 Å². The van der Waals surface area contributed by atoms with Crippen LogP contribution in [0, 0.1) is 0 Å². The first kappa shape index (κ1) is 60.5. The van der Waals surface area contributed by atoms with Crippen LogP contribution in [0.25, 0.3) is 0 Å². The largest absolute Gasteiger partial charge is 0.466 e. The molecule has 0 saturated heterocycles. The number of unbranched alkanes of at least 4 members (excludes halogenated alkanes) is 26. The van der Waals surface area contributed by atoms with Crippen molar-refractivity contribution in [1.82, 2.24) is 4.90 Å². The van der Waals surface area contributed by atoms with Crippen LogP contribution >= 0.6 is 23.5 Å². The number of nitrogens with zero attached hydrogens (tertiary/aromatic N) is 3. The van der Waals surface area contributed by atoms with Crippen LogP contribution in [0.4, 0.5) is 0 Å². The second-order valence-corrected chi connectivity index (χ2v) is 20.1. The minimum atomic E-state index is -0.0721. The zero-order valence-electron chi connectivity index (χ0n) is 41.1. The van der Waals surface area contributed by atoms with E-state index in [1.807, 2.05) is 0 Å². The van der Waals surface area contributed by atoms with Gasteiger partial charge in [0.2, 0.25) is 0 Å². The third kappa shape index (κ3) is 49.6. The molecule has 0 atom stereocenters. The van der Waals surface area contributed by atoms with Crippen molar-refractivity contribution in [3.63, 3.8) is 0 Å². The van der Waals surface area contributed by atoms with Crippen molar-refractivity contribution in [2.45, 2.75) is 232 Å². The molecule has 0 fully saturated rings. The van der Waals surface area contributed by atoms with Crippen LogP contribution < -0.4 is 11.5 Å². The van der Waals surface area contributed by atoms with Crippen LogP contribution in [0.15, 0.2) is 9.98 Å². The summed E-state index contributed by atoms with van der Waals surface area (Å²) in [5.74, 6) is 4.77. The average molecular weight is 913 g/mol. The molecule has 0 aliphatic heterocycles. The summed E-state index contributed by atoms with van der Waals surface area (Å²) in [6.45, 7) is 8.67. The molecule has 0 aliphatic carbocycles. The topological polar surface area (TPSA) is 133 Å². The molecule has 0 bridgehead atoms. The summed E-state index contributed by atoms with van der Waals surface area (Å²) in [5, 5.41) is 0. The van der Waals surface area contributed by atoms with Gasteiger partial charge in [-0.2, -0.15) is 23.5 Å². The third-order valence-electron chi connectivity index (χ3n) is 11.5. The maximum absolute atomic E-state index is 12.1. The fraction of sp³-hybridized carbons (Fsp3) is 0.922. The highest BCUT2D eigenvalue weighted by molar-refractivity contribution is 7.99. The molecule has 366 valence electrons. The molecule has 0 amide bonds. The molecular weight excluding hydrogens is 811 g/mol. The van der Waals surface area contributed by atoms with E-state index in [1.54, 1.807) is 23.5 Å². The first-order chi connectivity index (χ1) is 30.4. The lowest BCUT2D eigenvalue weighted by Gasteiger charge is -2.14. The average Bonchev–Trinajstić information content (AvgIpc) is 3.26. The summed E-state index contributed by atoms with van der Waals surface area (Å²) < 4.78 is 10.9. The van der Waals surface area contributed by atoms with Crippen molar-refractivity contribution in [3.05, 3.63) is 0 Å². The molecule has 0 spiro atoms. The summed E-state index contributed by atoms with van der Waals surface area (Å²) in [5.41, 5.74) is 12.3. The molecule has 0 aromatic carbocycles. The van der Waals surface area contributed by atoms with Crippen LogP contribution in [-0.2, 0) is 19.1 Å². The van der Waals surface area contributed by atoms with Gasteiger partial charge in [-0.1, -0.05) is 181 Å². The Hall–Kier alpha value is -1.46. The number of hydrogen-bond acceptors (Lipinski definition) is 9. The van der Waals surface area contributed by atoms with E-state index in [0.717, 1.165) is 87.5 Å². The number of rotatable bonds is 50. The van der Waals surface area contributed by atoms with E-state index >= 15 is 0 Å². The Kier molecular flexibility index (Phi) is 49.3. The number of likely N-dealkylation sites (N-methyl/N-ethyl adjacent to an activating group) is 1. The number of carbonyl (C=O) groups excluding carboxylic acids is 2. The molecule has 62 heavy (non-hydrogen) atoms. The second kappa shape index (κ2) is 50.5. The minimum Gasteiger partial charge on any atom is -0.466 e. The predicted octanol–water partition coefficient (Wildman–Crippen LogP) is 13.5. The molecule has 0 radical (unpaired) electrons. The summed E-state index contributed by atoms with van der Waals surface area (Å²) in [7, 11) is 2.07. The van der Waals surface area contributed by atoms with E-state index < -0.39 is 0 Å². The smallest absolute Gasteiger partial charge is 0.306 e. The Morgan fingerprint density at radius 3 is 1.02 bits per heavy atom. The van der Waals surface area contributed by atoms with Gasteiger partial charge in [0.15, 0.2) is 0 Å². The highest BCUT2D eigenvalue weighted by Gasteiger charge is 2.06. The number of hydrogen-bond donors (Lipinski definition) is 2. The first-order valence-corrected chi connectivity index (χ1v) is 28.4. The second-order valence-electron chi connectivity index (χ2n) is 17.6. The number of amidine groups is 2. The van der Waals surface area contributed by atoms with Crippen LogP contribution in [0.1, 0.15) is 232 Å². The summed E-state index contributed by atoms with van der Waals surface area (Å²) in [4.78, 5) is 35.4. The van der Waals surface area contributed by atoms with E-state index in [9.17, 15) is 9.59 Å². The highest BCUT2D eigenvalue weighted by Crippen LogP contribution is 2.15. The third-order valence-corrected chi connectivity index (χ3v) is 13.6. The van der Waals surface area contributed by atoms with Crippen molar-refractivity contribution < 1.29 is 19.1 Å². The molecule has 9 nitrogen and oxygen atoms in total. The maximum Gasteiger partial charge on any atom is 0.306 e. The van der Waals surface area contributed by atoms with Gasteiger partial charge >= 0.3 is 11.9 Å². The highest BCUT2D eigenvalue weighted by atomic mass is 32.2. The Balaban J connectivity index is 3.55. The number of thioether (sulfide) groups is 2. The lowest BCUT2D eigenvalue weighted by Crippen LogP contribution is -2.26. The number of aliphatic imine (C=N–C) groups is 2. The fourth-order valence-corrected chi connectivity index (χ4v) is 9.06. The summed E-state index contributed by atoms with van der Waals surface area (Å²) in [6, 6.07) is 0. The van der Waals surface area contributed by atoms with Gasteiger partial charge in [0.25, 0.3) is 0 Å². The van der Waals surface area contributed by atoms with Crippen molar-refractivity contribution in [1.29, 1.82) is 0 Å². The quantitative estimate of drug-likeness (QED) is 0.0265. The van der Waals surface area contributed by atoms with Crippen molar-refractivity contribution >= 4 is 47.1 Å². The Labute approximate surface area is 392 Å². The first-order valence-electron chi connectivity index (χ1n) is 26.1. The number of ether oxygens (including phenoxy) is 2. The number of carbonyl (C=O) groups is 2. The van der Waals surface area contributed by atoms with Crippen LogP contribution in [0.2, 0.25) is 0 Å². The van der Waals surface area contributed by atoms with Crippen molar-refractivity contribution in [3.8, 4) is 0 Å². The number of nitrogens with two attached hydrogens (primary N) is 2. The molecule has 0 heterocycles. The molecule has 0 saturated carbocycles. The summed E-state index contributed by atoms with van der Waals surface area (Å²) >= 11 is 3.57. The van der Waals surface area contributed by atoms with Gasteiger partial charge in [-0.3, -0.25) is 19.6 Å². The minimum absolute atomic E-state index is 0.0721. The Morgan fingerprint density at radius 1 is 0.419 bits per heavy atom. The molecule has 0 aromatic rings. The van der Waals surface area contributed by atoms with E-state index in [4.69, 9.17) is 20.9 Å². The normalized spacial score (nSPS) is 12.1. The molecule has 0 aliphatic rings. The van der Waals surface area contributed by atoms with Gasteiger partial charge in [0.1, 0.15) is 0 Å². The zero-order chi connectivity index (χ0) is 45.2. The fourth-order valence-electron chi connectivity index (χ4n) is 7.33. The standard InChI is InChI=1S/C51H101N5O4S2/c1-4-6-8-10-12-14-16-18-20-22-24-26-28-30-42-59-50(57)36-46-61-44-32-34-48(52)54-38-40-56(3)41-39-55-49(53)35-33-45-62-47-37-51(58)60-43-31-29-27-25-23-21-19-17-15-13-11-9-7-5-2/h4-47H2,1-3H3,(H2,52,54)(H2,53,55). The van der Waals surface area contributed by atoms with Gasteiger partial charge in [0, 0.05) is 37.4 Å². The van der Waals surface area contributed by atoms with E-state index in [1.165, 1.54) is 154 Å². The molecule has 0 rings (SSSR count). The van der Waals surface area contributed by atoms with E-state index in [-0.39, 0.29) is 11.9 Å². The predicted molar refractivity (Wildman–Crippen MR) is 275 cm³/mol. The van der Waals surface area contributed by atoms with Gasteiger partial charge in [-0.15, -0.1) is 0 Å². The van der Waals surface area contributed by atoms with Crippen LogP contribution in [0.5, 0.6) is 0 Å². The van der Waals surface area contributed by atoms with Crippen LogP contribution in [-0.4, -0.2) is 98.0 Å². The monoisotopic (exact) mass is 912 g/mol. The Morgan fingerprint density at radius 2 is 0.710 bits per heavy atom. The Bertz CT molecular complexity index is 956. The summed E-state index contributed by atoms with van der Waals surface area (Å²) in [6.07, 6.45) is 41.7. The van der Waals surface area contributed by atoms with E-state index in [2.05, 4.69) is 35.8 Å². The van der Waals surface area contributed by atoms with Gasteiger partial charge < -0.3 is 25.8 Å². The SMILES string of the molecule is CCCCCCCCCCCCCCCCOC(=O)CCSCCCC(N)=NCCN(C)CCN=C(N)CCCSCCC(=O)OCCCCCCCCCCCCCCCC. The van der Waals surface area contributed by atoms with E-state index in [0.29, 0.717) is 50.8 Å².